The van der Waals surface area contributed by atoms with Gasteiger partial charge in [0.1, 0.15) is 18.9 Å². The van der Waals surface area contributed by atoms with Crippen LogP contribution in [0.5, 0.6) is 0 Å². The summed E-state index contributed by atoms with van der Waals surface area (Å²) in [5.41, 5.74) is 0.626. The Bertz CT molecular complexity index is 386. The number of nitrogens with zero attached hydrogens (tertiary/aromatic N) is 1. The van der Waals surface area contributed by atoms with Crippen molar-refractivity contribution in [3.8, 4) is 0 Å². The first-order valence-corrected chi connectivity index (χ1v) is 4.39. The minimum absolute atomic E-state index is 0.0113. The first-order chi connectivity index (χ1) is 7.15. The first-order valence-electron chi connectivity index (χ1n) is 4.39. The number of benzene rings is 1. The second kappa shape index (κ2) is 3.68. The Kier molecular flexibility index (Phi) is 2.37. The zero-order chi connectivity index (χ0) is 10.8. The van der Waals surface area contributed by atoms with E-state index in [1.165, 1.54) is 29.2 Å². The maximum absolute atomic E-state index is 12.6. The zero-order valence-corrected chi connectivity index (χ0v) is 7.77. The molecule has 1 aliphatic rings. The van der Waals surface area contributed by atoms with Crippen molar-refractivity contribution in [3.05, 3.63) is 30.1 Å². The molecule has 0 aliphatic carbocycles. The Morgan fingerprint density at radius 1 is 1.07 bits per heavy atom. The maximum atomic E-state index is 12.6. The summed E-state index contributed by atoms with van der Waals surface area (Å²) in [6.45, 7) is 0.0226. The molecular weight excluding hydrogens is 201 g/mol. The molecule has 0 bridgehead atoms. The maximum Gasteiger partial charge on any atom is 0.333 e. The minimum Gasteiger partial charge on any atom is -0.390 e. The van der Waals surface area contributed by atoms with Crippen LogP contribution >= 0.6 is 0 Å². The standard InChI is InChI=1S/C10H8FNO3/c11-7-1-3-8(4-2-7)12-5-9(13)15-10(14)6-12/h1-4H,5-6H2. The number of rotatable bonds is 1. The molecule has 5 heteroatoms. The Hall–Kier alpha value is -1.91. The lowest BCUT2D eigenvalue weighted by Gasteiger charge is -2.26. The molecule has 15 heavy (non-hydrogen) atoms. The number of ether oxygens (including phenoxy) is 1. The van der Waals surface area contributed by atoms with Gasteiger partial charge in [0.05, 0.1) is 0 Å². The highest BCUT2D eigenvalue weighted by Gasteiger charge is 2.24. The van der Waals surface area contributed by atoms with Crippen LogP contribution in [-0.2, 0) is 14.3 Å². The summed E-state index contributed by atoms with van der Waals surface area (Å²) in [6.07, 6.45) is 0. The number of anilines is 1. The lowest BCUT2D eigenvalue weighted by atomic mass is 10.2. The van der Waals surface area contributed by atoms with E-state index in [4.69, 9.17) is 0 Å². The van der Waals surface area contributed by atoms with Crippen LogP contribution in [0.1, 0.15) is 0 Å². The van der Waals surface area contributed by atoms with Crippen molar-refractivity contribution in [1.82, 2.24) is 0 Å². The van der Waals surface area contributed by atoms with Crippen LogP contribution in [0.25, 0.3) is 0 Å². The van der Waals surface area contributed by atoms with Crippen molar-refractivity contribution in [2.75, 3.05) is 18.0 Å². The quantitative estimate of drug-likeness (QED) is 0.505. The summed E-state index contributed by atoms with van der Waals surface area (Å²) in [6, 6.07) is 5.59. The number of halogens is 1. The Labute approximate surface area is 85.2 Å². The lowest BCUT2D eigenvalue weighted by Crippen LogP contribution is -2.42. The van der Waals surface area contributed by atoms with Crippen LogP contribution in [0.3, 0.4) is 0 Å². The highest BCUT2D eigenvalue weighted by molar-refractivity contribution is 5.94. The van der Waals surface area contributed by atoms with E-state index in [9.17, 15) is 14.0 Å². The van der Waals surface area contributed by atoms with E-state index in [0.717, 1.165) is 0 Å². The zero-order valence-electron chi connectivity index (χ0n) is 7.77. The van der Waals surface area contributed by atoms with Gasteiger partial charge < -0.3 is 9.64 Å². The number of carbonyl (C=O) groups is 2. The molecule has 0 amide bonds. The number of hydrogen-bond acceptors (Lipinski definition) is 4. The SMILES string of the molecule is O=C1CN(c2ccc(F)cc2)CC(=O)O1. The molecule has 0 saturated carbocycles. The molecule has 0 aromatic heterocycles. The summed E-state index contributed by atoms with van der Waals surface area (Å²) >= 11 is 0. The lowest BCUT2D eigenvalue weighted by molar-refractivity contribution is -0.160. The largest absolute Gasteiger partial charge is 0.390 e. The second-order valence-electron chi connectivity index (χ2n) is 3.18. The van der Waals surface area contributed by atoms with Gasteiger partial charge in [-0.2, -0.15) is 0 Å². The van der Waals surface area contributed by atoms with Gasteiger partial charge >= 0.3 is 11.9 Å². The molecule has 2 rings (SSSR count). The van der Waals surface area contributed by atoms with Gasteiger partial charge in [-0.25, -0.2) is 14.0 Å². The molecule has 0 atom stereocenters. The second-order valence-corrected chi connectivity index (χ2v) is 3.18. The molecule has 1 saturated heterocycles. The Balaban J connectivity index is 2.19. The molecule has 1 heterocycles. The number of hydrogen-bond donors (Lipinski definition) is 0. The van der Waals surface area contributed by atoms with Crippen molar-refractivity contribution >= 4 is 17.6 Å². The Morgan fingerprint density at radius 2 is 1.60 bits per heavy atom. The van der Waals surface area contributed by atoms with E-state index in [0.29, 0.717) is 5.69 Å². The molecule has 0 N–H and O–H groups in total. The molecule has 1 fully saturated rings. The van der Waals surface area contributed by atoms with Crippen LogP contribution in [0.2, 0.25) is 0 Å². The van der Waals surface area contributed by atoms with E-state index in [2.05, 4.69) is 4.74 Å². The minimum atomic E-state index is -0.587. The molecule has 0 unspecified atom stereocenters. The van der Waals surface area contributed by atoms with Crippen LogP contribution in [0, 0.1) is 5.82 Å². The van der Waals surface area contributed by atoms with E-state index in [1.54, 1.807) is 0 Å². The molecular formula is C10H8FNO3. The number of cyclic esters (lactones) is 2. The van der Waals surface area contributed by atoms with Crippen molar-refractivity contribution in [2.24, 2.45) is 0 Å². The van der Waals surface area contributed by atoms with Crippen molar-refractivity contribution < 1.29 is 18.7 Å². The molecule has 78 valence electrons. The van der Waals surface area contributed by atoms with Gasteiger partial charge in [-0.15, -0.1) is 0 Å². The summed E-state index contributed by atoms with van der Waals surface area (Å²) in [5.74, 6) is -1.53. The monoisotopic (exact) mass is 209 g/mol. The van der Waals surface area contributed by atoms with Gasteiger partial charge in [-0.05, 0) is 24.3 Å². The molecule has 0 radical (unpaired) electrons. The van der Waals surface area contributed by atoms with E-state index in [1.807, 2.05) is 0 Å². The van der Waals surface area contributed by atoms with E-state index < -0.39 is 11.9 Å². The van der Waals surface area contributed by atoms with Gasteiger partial charge in [0.25, 0.3) is 0 Å². The number of carbonyl (C=O) groups excluding carboxylic acids is 2. The molecule has 1 aromatic rings. The normalized spacial score (nSPS) is 16.5. The molecule has 1 aliphatic heterocycles. The summed E-state index contributed by atoms with van der Waals surface area (Å²) < 4.78 is 17.0. The summed E-state index contributed by atoms with van der Waals surface area (Å²) in [5, 5.41) is 0. The van der Waals surface area contributed by atoms with Gasteiger partial charge in [0.2, 0.25) is 0 Å². The van der Waals surface area contributed by atoms with Crippen LogP contribution in [0.15, 0.2) is 24.3 Å². The molecule has 0 spiro atoms. The highest BCUT2D eigenvalue weighted by Crippen LogP contribution is 2.16. The van der Waals surface area contributed by atoms with Crippen LogP contribution in [0.4, 0.5) is 10.1 Å². The van der Waals surface area contributed by atoms with Crippen molar-refractivity contribution in [3.63, 3.8) is 0 Å². The predicted octanol–water partition coefficient (Wildman–Crippen LogP) is 0.716. The first kappa shape index (κ1) is 9.64. The smallest absolute Gasteiger partial charge is 0.333 e. The number of esters is 2. The van der Waals surface area contributed by atoms with Gasteiger partial charge in [0, 0.05) is 5.69 Å². The topological polar surface area (TPSA) is 46.6 Å². The summed E-state index contributed by atoms with van der Waals surface area (Å²) in [7, 11) is 0. The van der Waals surface area contributed by atoms with Crippen molar-refractivity contribution in [2.45, 2.75) is 0 Å². The average molecular weight is 209 g/mol. The predicted molar refractivity (Wildman–Crippen MR) is 49.7 cm³/mol. The Morgan fingerprint density at radius 3 is 2.13 bits per heavy atom. The van der Waals surface area contributed by atoms with Crippen molar-refractivity contribution in [1.29, 1.82) is 0 Å². The van der Waals surface area contributed by atoms with Gasteiger partial charge in [0.15, 0.2) is 0 Å². The highest BCUT2D eigenvalue weighted by atomic mass is 19.1. The fourth-order valence-corrected chi connectivity index (χ4v) is 1.39. The van der Waals surface area contributed by atoms with Gasteiger partial charge in [-0.3, -0.25) is 0 Å². The third-order valence-corrected chi connectivity index (χ3v) is 2.06. The molecule has 4 nitrogen and oxygen atoms in total. The van der Waals surface area contributed by atoms with Crippen LogP contribution in [-0.4, -0.2) is 25.0 Å². The number of morpholine rings is 1. The van der Waals surface area contributed by atoms with E-state index in [-0.39, 0.29) is 18.9 Å². The van der Waals surface area contributed by atoms with Crippen LogP contribution < -0.4 is 4.90 Å². The third kappa shape index (κ3) is 2.12. The third-order valence-electron chi connectivity index (χ3n) is 2.06. The van der Waals surface area contributed by atoms with E-state index >= 15 is 0 Å². The van der Waals surface area contributed by atoms with Gasteiger partial charge in [-0.1, -0.05) is 0 Å². The molecule has 1 aromatic carbocycles. The summed E-state index contributed by atoms with van der Waals surface area (Å²) in [4.78, 5) is 23.5. The fraction of sp³-hybridized carbons (Fsp3) is 0.200. The average Bonchev–Trinajstić information content (AvgIpc) is 2.17. The fourth-order valence-electron chi connectivity index (χ4n) is 1.39.